The second-order valence-electron chi connectivity index (χ2n) is 8.66. The van der Waals surface area contributed by atoms with Crippen molar-refractivity contribution in [2.45, 2.75) is 37.8 Å². The van der Waals surface area contributed by atoms with Gasteiger partial charge in [0.2, 0.25) is 5.91 Å². The first-order valence-electron chi connectivity index (χ1n) is 11.1. The van der Waals surface area contributed by atoms with E-state index >= 15 is 0 Å². The van der Waals surface area contributed by atoms with Crippen LogP contribution in [0.25, 0.3) is 0 Å². The van der Waals surface area contributed by atoms with E-state index in [0.717, 1.165) is 24.4 Å². The van der Waals surface area contributed by atoms with Crippen molar-refractivity contribution in [3.8, 4) is 0 Å². The summed E-state index contributed by atoms with van der Waals surface area (Å²) in [4.78, 5) is 26.2. The Morgan fingerprint density at radius 1 is 1.14 bits per heavy atom. The van der Waals surface area contributed by atoms with Gasteiger partial charge in [-0.25, -0.2) is 9.97 Å². The smallest absolute Gasteiger partial charge is 0.353 e. The summed E-state index contributed by atoms with van der Waals surface area (Å²) in [5.41, 5.74) is 2.95. The number of anilines is 1. The van der Waals surface area contributed by atoms with Crippen molar-refractivity contribution in [3.05, 3.63) is 52.4 Å². The maximum Gasteiger partial charge on any atom is 0.401 e. The van der Waals surface area contributed by atoms with Crippen LogP contribution in [0.15, 0.2) is 30.6 Å². The van der Waals surface area contributed by atoms with Gasteiger partial charge >= 0.3 is 6.18 Å². The number of amides is 1. The van der Waals surface area contributed by atoms with E-state index in [4.69, 9.17) is 11.6 Å². The Bertz CT molecular complexity index is 985. The van der Waals surface area contributed by atoms with E-state index in [1.165, 1.54) is 5.56 Å². The van der Waals surface area contributed by atoms with E-state index < -0.39 is 18.6 Å². The standard InChI is InChI=1S/C23H27ClF3N5O.2ClH/c1-15-2-7-19-20(15)21(30-14-29-19)31-8-10-32(11-9-31)22(33)18(12-28-13-23(25,26)27)16-3-5-17(24)6-4-16;;/h3-6,14-15,18,28H,2,7-13H2,1H3;2*1H/t15-,18?;;/m1../s1. The van der Waals surface area contributed by atoms with Gasteiger partial charge in [0, 0.05) is 49.0 Å². The highest BCUT2D eigenvalue weighted by Crippen LogP contribution is 2.37. The third-order valence-electron chi connectivity index (χ3n) is 6.39. The second-order valence-corrected chi connectivity index (χ2v) is 9.10. The molecule has 0 saturated carbocycles. The predicted molar refractivity (Wildman–Crippen MR) is 135 cm³/mol. The van der Waals surface area contributed by atoms with Crippen molar-refractivity contribution in [2.24, 2.45) is 0 Å². The monoisotopic (exact) mass is 553 g/mol. The largest absolute Gasteiger partial charge is 0.401 e. The highest BCUT2D eigenvalue weighted by atomic mass is 35.5. The van der Waals surface area contributed by atoms with Gasteiger partial charge in [0.05, 0.1) is 12.5 Å². The molecule has 6 nitrogen and oxygen atoms in total. The van der Waals surface area contributed by atoms with Gasteiger partial charge in [-0.2, -0.15) is 13.2 Å². The lowest BCUT2D eigenvalue weighted by Gasteiger charge is -2.38. The lowest BCUT2D eigenvalue weighted by Crippen LogP contribution is -2.51. The molecule has 1 unspecified atom stereocenters. The van der Waals surface area contributed by atoms with Crippen LogP contribution >= 0.6 is 36.4 Å². The molecule has 1 N–H and O–H groups in total. The Kier molecular flexibility index (Phi) is 10.4. The molecule has 1 aromatic heterocycles. The number of carbonyl (C=O) groups excluding carboxylic acids is 1. The van der Waals surface area contributed by atoms with Crippen molar-refractivity contribution in [2.75, 3.05) is 44.2 Å². The molecule has 1 aliphatic carbocycles. The number of aromatic nitrogens is 2. The zero-order valence-electron chi connectivity index (χ0n) is 19.2. The average molecular weight is 555 g/mol. The number of fused-ring (bicyclic) bond motifs is 1. The van der Waals surface area contributed by atoms with Crippen molar-refractivity contribution < 1.29 is 18.0 Å². The quantitative estimate of drug-likeness (QED) is 0.565. The average Bonchev–Trinajstić information content (AvgIpc) is 3.18. The lowest BCUT2D eigenvalue weighted by molar-refractivity contribution is -0.135. The van der Waals surface area contributed by atoms with Gasteiger partial charge in [-0.1, -0.05) is 30.7 Å². The van der Waals surface area contributed by atoms with Gasteiger partial charge in [-0.3, -0.25) is 4.79 Å². The summed E-state index contributed by atoms with van der Waals surface area (Å²) in [6, 6.07) is 6.69. The summed E-state index contributed by atoms with van der Waals surface area (Å²) in [6.45, 7) is 3.14. The van der Waals surface area contributed by atoms with Crippen molar-refractivity contribution in [3.63, 3.8) is 0 Å². The fourth-order valence-corrected chi connectivity index (χ4v) is 4.76. The first-order chi connectivity index (χ1) is 15.7. The molecule has 1 aromatic carbocycles. The minimum Gasteiger partial charge on any atom is -0.353 e. The zero-order chi connectivity index (χ0) is 23.6. The summed E-state index contributed by atoms with van der Waals surface area (Å²) in [6.07, 6.45) is -0.716. The number of alkyl halides is 3. The fourth-order valence-electron chi connectivity index (χ4n) is 4.64. The molecule has 2 aromatic rings. The fraction of sp³-hybridized carbons (Fsp3) is 0.522. The molecule has 4 rings (SSSR count). The second kappa shape index (κ2) is 12.4. The van der Waals surface area contributed by atoms with Gasteiger partial charge in [0.1, 0.15) is 12.1 Å². The number of hydrogen-bond acceptors (Lipinski definition) is 5. The number of benzene rings is 1. The summed E-state index contributed by atoms with van der Waals surface area (Å²) < 4.78 is 38.0. The molecule has 2 aliphatic rings. The molecule has 194 valence electrons. The number of piperazine rings is 1. The van der Waals surface area contributed by atoms with Crippen LogP contribution in [0.4, 0.5) is 19.0 Å². The molecule has 2 heterocycles. The van der Waals surface area contributed by atoms with Crippen LogP contribution in [0.3, 0.4) is 0 Å². The van der Waals surface area contributed by atoms with Crippen LogP contribution in [-0.4, -0.2) is 66.2 Å². The number of rotatable bonds is 6. The third kappa shape index (κ3) is 7.12. The lowest BCUT2D eigenvalue weighted by atomic mass is 9.97. The van der Waals surface area contributed by atoms with Crippen LogP contribution in [0.2, 0.25) is 5.02 Å². The Hall–Kier alpha value is -1.81. The molecule has 1 amide bonds. The molecular weight excluding hydrogens is 526 g/mol. The van der Waals surface area contributed by atoms with E-state index in [1.54, 1.807) is 35.5 Å². The Morgan fingerprint density at radius 2 is 1.80 bits per heavy atom. The normalized spacial score (nSPS) is 18.4. The molecule has 2 atom stereocenters. The van der Waals surface area contributed by atoms with Gasteiger partial charge < -0.3 is 15.1 Å². The van der Waals surface area contributed by atoms with Crippen LogP contribution in [0.5, 0.6) is 0 Å². The van der Waals surface area contributed by atoms with Gasteiger partial charge in [0.15, 0.2) is 0 Å². The number of carbonyl (C=O) groups is 1. The summed E-state index contributed by atoms with van der Waals surface area (Å²) >= 11 is 5.96. The third-order valence-corrected chi connectivity index (χ3v) is 6.64. The number of nitrogens with one attached hydrogen (secondary N) is 1. The van der Waals surface area contributed by atoms with E-state index in [1.807, 2.05) is 0 Å². The van der Waals surface area contributed by atoms with Crippen LogP contribution in [0.1, 0.15) is 42.0 Å². The molecule has 12 heteroatoms. The molecule has 35 heavy (non-hydrogen) atoms. The summed E-state index contributed by atoms with van der Waals surface area (Å²) in [5, 5.41) is 2.90. The molecular formula is C23H29Cl3F3N5O. The Labute approximate surface area is 220 Å². The first-order valence-corrected chi connectivity index (χ1v) is 11.5. The van der Waals surface area contributed by atoms with E-state index in [2.05, 4.69) is 27.1 Å². The van der Waals surface area contributed by atoms with Crippen LogP contribution in [0, 0.1) is 0 Å². The maximum atomic E-state index is 13.3. The Balaban J connectivity index is 0.00000216. The minimum atomic E-state index is -4.34. The SMILES string of the molecule is C[C@@H]1CCc2ncnc(N3CCN(C(=O)C(CNCC(F)(F)F)c4ccc(Cl)cc4)CC3)c21.Cl.Cl. The topological polar surface area (TPSA) is 61.4 Å². The molecule has 1 aliphatic heterocycles. The predicted octanol–water partition coefficient (Wildman–Crippen LogP) is 4.61. The number of nitrogens with zero attached hydrogens (tertiary/aromatic N) is 4. The first kappa shape index (κ1) is 29.4. The van der Waals surface area contributed by atoms with Crippen molar-refractivity contribution in [1.29, 1.82) is 0 Å². The highest BCUT2D eigenvalue weighted by Gasteiger charge is 2.33. The van der Waals surface area contributed by atoms with Gasteiger partial charge in [-0.05, 0) is 36.5 Å². The Morgan fingerprint density at radius 3 is 2.43 bits per heavy atom. The number of hydrogen-bond donors (Lipinski definition) is 1. The van der Waals surface area contributed by atoms with Gasteiger partial charge in [0.25, 0.3) is 0 Å². The molecule has 1 fully saturated rings. The number of aryl methyl sites for hydroxylation is 1. The summed E-state index contributed by atoms with van der Waals surface area (Å²) in [5.74, 6) is 0.440. The van der Waals surface area contributed by atoms with E-state index in [9.17, 15) is 18.0 Å². The molecule has 0 bridgehead atoms. The van der Waals surface area contributed by atoms with Gasteiger partial charge in [-0.15, -0.1) is 24.8 Å². The van der Waals surface area contributed by atoms with Crippen molar-refractivity contribution >= 4 is 48.1 Å². The molecule has 1 saturated heterocycles. The minimum absolute atomic E-state index is 0. The molecule has 0 spiro atoms. The number of halogens is 6. The van der Waals surface area contributed by atoms with Crippen LogP contribution < -0.4 is 10.2 Å². The zero-order valence-corrected chi connectivity index (χ0v) is 21.6. The maximum absolute atomic E-state index is 13.3. The highest BCUT2D eigenvalue weighted by molar-refractivity contribution is 6.30. The van der Waals surface area contributed by atoms with Crippen molar-refractivity contribution in [1.82, 2.24) is 20.2 Å². The summed E-state index contributed by atoms with van der Waals surface area (Å²) in [7, 11) is 0. The van der Waals surface area contributed by atoms with E-state index in [-0.39, 0.29) is 37.3 Å². The van der Waals surface area contributed by atoms with Crippen LogP contribution in [-0.2, 0) is 11.2 Å². The molecule has 0 radical (unpaired) electrons. The van der Waals surface area contributed by atoms with E-state index in [0.29, 0.717) is 42.7 Å².